The number of imidazole rings is 2. The molecule has 2 aromatic heterocycles. The molecular weight excluding hydrogens is 374 g/mol. The fourth-order valence-corrected chi connectivity index (χ4v) is 2.90. The molecule has 1 aliphatic heterocycles. The van der Waals surface area contributed by atoms with Gasteiger partial charge in [0.1, 0.15) is 5.82 Å². The zero-order valence-electron chi connectivity index (χ0n) is 16.4. The van der Waals surface area contributed by atoms with Crippen LogP contribution in [0.25, 0.3) is 17.1 Å². The lowest BCUT2D eigenvalue weighted by Crippen LogP contribution is -2.13. The molecule has 0 aliphatic carbocycles. The average Bonchev–Trinajstić information content (AvgIpc) is 3.42. The molecule has 1 fully saturated rings. The molecule has 0 amide bonds. The van der Waals surface area contributed by atoms with Crippen molar-refractivity contribution in [3.05, 3.63) is 55.4 Å². The molecule has 0 bridgehead atoms. The quantitative estimate of drug-likeness (QED) is 0.618. The van der Waals surface area contributed by atoms with Crippen LogP contribution in [0.2, 0.25) is 0 Å². The van der Waals surface area contributed by atoms with Crippen LogP contribution >= 0.6 is 0 Å². The molecule has 0 saturated carbocycles. The smallest absolute Gasteiger partial charge is 0.300 e. The van der Waals surface area contributed by atoms with Gasteiger partial charge < -0.3 is 24.7 Å². The Morgan fingerprint density at radius 3 is 2.24 bits per heavy atom. The Morgan fingerprint density at radius 2 is 1.72 bits per heavy atom. The molecule has 154 valence electrons. The summed E-state index contributed by atoms with van der Waals surface area (Å²) in [6, 6.07) is 8.95. The number of aliphatic carboxylic acids is 2. The highest BCUT2D eigenvalue weighted by Gasteiger charge is 2.19. The Kier molecular flexibility index (Phi) is 8.11. The van der Waals surface area contributed by atoms with Crippen LogP contribution in [0.15, 0.2) is 55.4 Å². The summed E-state index contributed by atoms with van der Waals surface area (Å²) in [6.45, 7) is 4.28. The SMILES string of the molecule is CC(=O)O.CC(=O)O.c1cn(-c2ccc(-c3nccn3[C@@H]3CCNC3)cc2)cn1. The van der Waals surface area contributed by atoms with Gasteiger partial charge in [0.2, 0.25) is 0 Å². The van der Waals surface area contributed by atoms with E-state index in [9.17, 15) is 0 Å². The van der Waals surface area contributed by atoms with E-state index in [0.29, 0.717) is 6.04 Å². The summed E-state index contributed by atoms with van der Waals surface area (Å²) < 4.78 is 4.28. The lowest BCUT2D eigenvalue weighted by molar-refractivity contribution is -0.135. The first kappa shape index (κ1) is 21.8. The third-order valence-electron chi connectivity index (χ3n) is 4.02. The highest BCUT2D eigenvalue weighted by atomic mass is 16.4. The van der Waals surface area contributed by atoms with Crippen LogP contribution in [0.4, 0.5) is 0 Å². The second-order valence-corrected chi connectivity index (χ2v) is 6.36. The number of aromatic nitrogens is 4. The van der Waals surface area contributed by atoms with E-state index in [4.69, 9.17) is 19.8 Å². The summed E-state index contributed by atoms with van der Waals surface area (Å²) in [7, 11) is 0. The number of hydrogen-bond donors (Lipinski definition) is 3. The molecule has 4 rings (SSSR count). The van der Waals surface area contributed by atoms with Crippen LogP contribution in [0, 0.1) is 0 Å². The van der Waals surface area contributed by atoms with Gasteiger partial charge in [-0.25, -0.2) is 9.97 Å². The van der Waals surface area contributed by atoms with Crippen LogP contribution in [0.5, 0.6) is 0 Å². The number of nitrogens with one attached hydrogen (secondary N) is 1. The molecule has 0 spiro atoms. The van der Waals surface area contributed by atoms with Crippen molar-refractivity contribution >= 4 is 11.9 Å². The summed E-state index contributed by atoms with van der Waals surface area (Å²) in [5.41, 5.74) is 2.26. The second-order valence-electron chi connectivity index (χ2n) is 6.36. The molecule has 0 radical (unpaired) electrons. The third-order valence-corrected chi connectivity index (χ3v) is 4.02. The number of nitrogens with zero attached hydrogens (tertiary/aromatic N) is 4. The molecule has 1 saturated heterocycles. The summed E-state index contributed by atoms with van der Waals surface area (Å²) in [5.74, 6) is -0.624. The molecule has 29 heavy (non-hydrogen) atoms. The van der Waals surface area contributed by atoms with Crippen molar-refractivity contribution in [1.29, 1.82) is 0 Å². The van der Waals surface area contributed by atoms with Crippen LogP contribution in [0.3, 0.4) is 0 Å². The molecule has 1 atom stereocenters. The minimum absolute atomic E-state index is 0.510. The van der Waals surface area contributed by atoms with Gasteiger partial charge in [-0.3, -0.25) is 9.59 Å². The zero-order valence-corrected chi connectivity index (χ0v) is 16.4. The lowest BCUT2D eigenvalue weighted by atomic mass is 10.1. The van der Waals surface area contributed by atoms with Crippen molar-refractivity contribution in [3.63, 3.8) is 0 Å². The van der Waals surface area contributed by atoms with Gasteiger partial charge in [-0.05, 0) is 37.2 Å². The van der Waals surface area contributed by atoms with Gasteiger partial charge in [0.15, 0.2) is 0 Å². The highest BCUT2D eigenvalue weighted by Crippen LogP contribution is 2.25. The Bertz CT molecular complexity index is 877. The first-order chi connectivity index (χ1) is 13.9. The van der Waals surface area contributed by atoms with E-state index in [0.717, 1.165) is 50.4 Å². The highest BCUT2D eigenvalue weighted by molar-refractivity contribution is 5.63. The Hall–Kier alpha value is -3.46. The van der Waals surface area contributed by atoms with Crippen molar-refractivity contribution in [2.24, 2.45) is 0 Å². The van der Waals surface area contributed by atoms with Gasteiger partial charge in [0, 0.05) is 62.5 Å². The third kappa shape index (κ3) is 6.89. The van der Waals surface area contributed by atoms with E-state index in [-0.39, 0.29) is 0 Å². The van der Waals surface area contributed by atoms with Crippen molar-refractivity contribution < 1.29 is 19.8 Å². The van der Waals surface area contributed by atoms with Crippen LogP contribution in [0.1, 0.15) is 26.3 Å². The molecule has 9 nitrogen and oxygen atoms in total. The predicted molar refractivity (Wildman–Crippen MR) is 108 cm³/mol. The first-order valence-electron chi connectivity index (χ1n) is 9.10. The Morgan fingerprint density at radius 1 is 1.07 bits per heavy atom. The molecule has 9 heteroatoms. The number of benzene rings is 1. The average molecular weight is 399 g/mol. The van der Waals surface area contributed by atoms with E-state index in [1.54, 1.807) is 12.5 Å². The van der Waals surface area contributed by atoms with E-state index in [1.165, 1.54) is 0 Å². The van der Waals surface area contributed by atoms with Crippen molar-refractivity contribution in [2.45, 2.75) is 26.3 Å². The maximum absolute atomic E-state index is 9.00. The summed E-state index contributed by atoms with van der Waals surface area (Å²) in [6.07, 6.45) is 10.7. The Labute approximate surface area is 168 Å². The van der Waals surface area contributed by atoms with E-state index < -0.39 is 11.9 Å². The molecule has 3 aromatic rings. The monoisotopic (exact) mass is 399 g/mol. The first-order valence-corrected chi connectivity index (χ1v) is 9.10. The topological polar surface area (TPSA) is 122 Å². The van der Waals surface area contributed by atoms with Gasteiger partial charge in [-0.15, -0.1) is 0 Å². The summed E-state index contributed by atoms with van der Waals surface area (Å²) >= 11 is 0. The van der Waals surface area contributed by atoms with Crippen molar-refractivity contribution in [3.8, 4) is 17.1 Å². The van der Waals surface area contributed by atoms with E-state index >= 15 is 0 Å². The minimum atomic E-state index is -0.833. The molecule has 1 aliphatic rings. The maximum Gasteiger partial charge on any atom is 0.300 e. The summed E-state index contributed by atoms with van der Waals surface area (Å²) in [5, 5.41) is 18.2. The molecular formula is C20H25N5O4. The standard InChI is InChI=1S/C16H17N5.2C2H4O2/c1-3-14(20-9-7-18-12-20)4-2-13(1)16-19-8-10-21(16)15-5-6-17-11-15;2*1-2(3)4/h1-4,7-10,12,15,17H,5-6,11H2;2*1H3,(H,3,4)/t15-;;/m1../s1. The fraction of sp³-hybridized carbons (Fsp3) is 0.300. The van der Waals surface area contributed by atoms with E-state index in [1.807, 2.05) is 17.0 Å². The van der Waals surface area contributed by atoms with Crippen molar-refractivity contribution in [2.75, 3.05) is 13.1 Å². The lowest BCUT2D eigenvalue weighted by Gasteiger charge is -2.14. The van der Waals surface area contributed by atoms with E-state index in [2.05, 4.69) is 50.3 Å². The zero-order chi connectivity index (χ0) is 21.2. The molecule has 3 N–H and O–H groups in total. The number of rotatable bonds is 3. The molecule has 3 heterocycles. The molecule has 1 aromatic carbocycles. The van der Waals surface area contributed by atoms with Gasteiger partial charge in [-0.2, -0.15) is 0 Å². The van der Waals surface area contributed by atoms with Crippen LogP contribution in [-0.4, -0.2) is 54.3 Å². The Balaban J connectivity index is 0.000000324. The number of hydrogen-bond acceptors (Lipinski definition) is 5. The minimum Gasteiger partial charge on any atom is -0.481 e. The normalized spacial score (nSPS) is 14.9. The van der Waals surface area contributed by atoms with Crippen LogP contribution < -0.4 is 5.32 Å². The van der Waals surface area contributed by atoms with Crippen molar-refractivity contribution in [1.82, 2.24) is 24.4 Å². The maximum atomic E-state index is 9.00. The predicted octanol–water partition coefficient (Wildman–Crippen LogP) is 2.45. The number of carboxylic acids is 2. The fourth-order valence-electron chi connectivity index (χ4n) is 2.90. The number of carbonyl (C=O) groups is 2. The van der Waals surface area contributed by atoms with Gasteiger partial charge >= 0.3 is 0 Å². The van der Waals surface area contributed by atoms with Gasteiger partial charge in [-0.1, -0.05) is 0 Å². The second kappa shape index (κ2) is 10.8. The summed E-state index contributed by atoms with van der Waals surface area (Å²) in [4.78, 5) is 26.6. The number of carboxylic acid groups (broad SMARTS) is 2. The molecule has 0 unspecified atom stereocenters. The van der Waals surface area contributed by atoms with Gasteiger partial charge in [0.05, 0.1) is 6.33 Å². The largest absolute Gasteiger partial charge is 0.481 e. The van der Waals surface area contributed by atoms with Crippen LogP contribution in [-0.2, 0) is 9.59 Å². The van der Waals surface area contributed by atoms with Gasteiger partial charge in [0.25, 0.3) is 11.9 Å².